The van der Waals surface area contributed by atoms with Gasteiger partial charge in [0.05, 0.1) is 0 Å². The van der Waals surface area contributed by atoms with Crippen molar-refractivity contribution in [3.8, 4) is 23.0 Å². The van der Waals surface area contributed by atoms with Crippen LogP contribution in [-0.4, -0.2) is 38.6 Å². The first-order valence-electron chi connectivity index (χ1n) is 8.15. The second kappa shape index (κ2) is 7.53. The van der Waals surface area contributed by atoms with E-state index in [1.54, 1.807) is 17.0 Å². The van der Waals surface area contributed by atoms with Crippen LogP contribution in [0.25, 0.3) is 23.0 Å². The molecule has 0 radical (unpaired) electrons. The van der Waals surface area contributed by atoms with Gasteiger partial charge in [0.15, 0.2) is 0 Å². The molecule has 0 atom stereocenters. The molecule has 0 aliphatic carbocycles. The summed E-state index contributed by atoms with van der Waals surface area (Å²) in [6.45, 7) is 5.55. The first-order chi connectivity index (χ1) is 12.1. The number of rotatable bonds is 6. The Labute approximate surface area is 151 Å². The molecule has 0 saturated heterocycles. The number of aromatic nitrogens is 3. The monoisotopic (exact) mass is 358 g/mol. The van der Waals surface area contributed by atoms with Crippen molar-refractivity contribution < 1.29 is 9.32 Å². The minimum absolute atomic E-state index is 0.0555. The van der Waals surface area contributed by atoms with Gasteiger partial charge in [0.25, 0.3) is 5.89 Å². The standard InChI is InChI=1S/C18H19ClN4O2/c1-3-22(4-2)16(24)12-23-11-5-6-15(23)18-20-17(21-25-18)13-7-9-14(19)10-8-13/h5-11H,3-4,12H2,1-2H3. The van der Waals surface area contributed by atoms with Crippen molar-refractivity contribution in [2.75, 3.05) is 13.1 Å². The molecular weight excluding hydrogens is 340 g/mol. The Bertz CT molecular complexity index is 850. The average Bonchev–Trinajstić information content (AvgIpc) is 3.25. The van der Waals surface area contributed by atoms with E-state index in [4.69, 9.17) is 16.1 Å². The minimum Gasteiger partial charge on any atom is -0.342 e. The summed E-state index contributed by atoms with van der Waals surface area (Å²) in [4.78, 5) is 18.6. The highest BCUT2D eigenvalue weighted by Crippen LogP contribution is 2.24. The van der Waals surface area contributed by atoms with Gasteiger partial charge < -0.3 is 14.0 Å². The molecule has 0 saturated carbocycles. The van der Waals surface area contributed by atoms with E-state index in [0.717, 1.165) is 5.56 Å². The first-order valence-corrected chi connectivity index (χ1v) is 8.53. The summed E-state index contributed by atoms with van der Waals surface area (Å²) in [6.07, 6.45) is 1.84. The van der Waals surface area contributed by atoms with Gasteiger partial charge in [0.2, 0.25) is 11.7 Å². The van der Waals surface area contributed by atoms with Crippen molar-refractivity contribution >= 4 is 17.5 Å². The van der Waals surface area contributed by atoms with Crippen LogP contribution in [0.5, 0.6) is 0 Å². The van der Waals surface area contributed by atoms with E-state index in [9.17, 15) is 4.79 Å². The third kappa shape index (κ3) is 3.74. The molecule has 0 aliphatic rings. The van der Waals surface area contributed by atoms with Crippen molar-refractivity contribution in [3.05, 3.63) is 47.6 Å². The lowest BCUT2D eigenvalue weighted by Crippen LogP contribution is -2.33. The van der Waals surface area contributed by atoms with E-state index in [1.165, 1.54) is 0 Å². The molecule has 3 aromatic rings. The van der Waals surface area contributed by atoms with Gasteiger partial charge in [0, 0.05) is 29.9 Å². The number of hydrogen-bond acceptors (Lipinski definition) is 4. The van der Waals surface area contributed by atoms with Crippen molar-refractivity contribution in [2.24, 2.45) is 0 Å². The maximum Gasteiger partial charge on any atom is 0.274 e. The van der Waals surface area contributed by atoms with Gasteiger partial charge in [-0.3, -0.25) is 4.79 Å². The fourth-order valence-corrected chi connectivity index (χ4v) is 2.74. The molecule has 0 N–H and O–H groups in total. The summed E-state index contributed by atoms with van der Waals surface area (Å²) < 4.78 is 7.21. The Balaban J connectivity index is 1.83. The molecule has 0 unspecified atom stereocenters. The summed E-state index contributed by atoms with van der Waals surface area (Å²) in [5.74, 6) is 0.914. The minimum atomic E-state index is 0.0555. The van der Waals surface area contributed by atoms with E-state index in [-0.39, 0.29) is 12.5 Å². The topological polar surface area (TPSA) is 64.2 Å². The molecule has 0 aliphatic heterocycles. The molecule has 2 aromatic heterocycles. The lowest BCUT2D eigenvalue weighted by atomic mass is 10.2. The summed E-state index contributed by atoms with van der Waals surface area (Å²) in [5, 5.41) is 4.67. The molecule has 6 nitrogen and oxygen atoms in total. The highest BCUT2D eigenvalue weighted by atomic mass is 35.5. The third-order valence-corrected chi connectivity index (χ3v) is 4.25. The van der Waals surface area contributed by atoms with Crippen LogP contribution in [0, 0.1) is 0 Å². The SMILES string of the molecule is CCN(CC)C(=O)Cn1cccc1-c1nc(-c2ccc(Cl)cc2)no1. The summed E-state index contributed by atoms with van der Waals surface area (Å²) in [5.41, 5.74) is 1.53. The lowest BCUT2D eigenvalue weighted by Gasteiger charge is -2.19. The molecule has 130 valence electrons. The quantitative estimate of drug-likeness (QED) is 0.673. The van der Waals surface area contributed by atoms with Crippen LogP contribution >= 0.6 is 11.6 Å². The van der Waals surface area contributed by atoms with E-state index >= 15 is 0 Å². The molecule has 2 heterocycles. The number of benzene rings is 1. The summed E-state index contributed by atoms with van der Waals surface area (Å²) in [6, 6.07) is 10.9. The number of halogens is 1. The fraction of sp³-hybridized carbons (Fsp3) is 0.278. The number of hydrogen-bond donors (Lipinski definition) is 0. The highest BCUT2D eigenvalue weighted by molar-refractivity contribution is 6.30. The van der Waals surface area contributed by atoms with Gasteiger partial charge in [-0.1, -0.05) is 16.8 Å². The zero-order chi connectivity index (χ0) is 17.8. The van der Waals surface area contributed by atoms with Crippen molar-refractivity contribution in [1.82, 2.24) is 19.6 Å². The first kappa shape index (κ1) is 17.2. The summed E-state index contributed by atoms with van der Waals surface area (Å²) in [7, 11) is 0. The number of nitrogens with zero attached hydrogens (tertiary/aromatic N) is 4. The predicted octanol–water partition coefficient (Wildman–Crippen LogP) is 3.73. The zero-order valence-corrected chi connectivity index (χ0v) is 14.9. The number of amides is 1. The van der Waals surface area contributed by atoms with Crippen LogP contribution in [0.4, 0.5) is 0 Å². The molecule has 0 fully saturated rings. The summed E-state index contributed by atoms with van der Waals surface area (Å²) >= 11 is 5.90. The Morgan fingerprint density at radius 1 is 1.20 bits per heavy atom. The Morgan fingerprint density at radius 3 is 2.60 bits per heavy atom. The Kier molecular flexibility index (Phi) is 5.19. The van der Waals surface area contributed by atoms with Gasteiger partial charge in [-0.15, -0.1) is 0 Å². The molecular formula is C18H19ClN4O2. The molecule has 1 amide bonds. The largest absolute Gasteiger partial charge is 0.342 e. The van der Waals surface area contributed by atoms with Gasteiger partial charge in [-0.05, 0) is 50.2 Å². The fourth-order valence-electron chi connectivity index (χ4n) is 2.61. The number of likely N-dealkylation sites (N-methyl/N-ethyl adjacent to an activating group) is 1. The molecule has 0 bridgehead atoms. The second-order valence-corrected chi connectivity index (χ2v) is 5.95. The molecule has 7 heteroatoms. The molecule has 1 aromatic carbocycles. The Hall–Kier alpha value is -2.60. The van der Waals surface area contributed by atoms with Gasteiger partial charge >= 0.3 is 0 Å². The molecule has 25 heavy (non-hydrogen) atoms. The van der Waals surface area contributed by atoms with Crippen LogP contribution in [0.2, 0.25) is 5.02 Å². The predicted molar refractivity (Wildman–Crippen MR) is 96.1 cm³/mol. The van der Waals surface area contributed by atoms with E-state index in [0.29, 0.717) is 35.5 Å². The van der Waals surface area contributed by atoms with E-state index in [2.05, 4.69) is 10.1 Å². The van der Waals surface area contributed by atoms with Crippen molar-refractivity contribution in [2.45, 2.75) is 20.4 Å². The van der Waals surface area contributed by atoms with Gasteiger partial charge in [-0.25, -0.2) is 0 Å². The number of carbonyl (C=O) groups excluding carboxylic acids is 1. The third-order valence-electron chi connectivity index (χ3n) is 4.00. The van der Waals surface area contributed by atoms with Crippen LogP contribution in [-0.2, 0) is 11.3 Å². The van der Waals surface area contributed by atoms with E-state index < -0.39 is 0 Å². The van der Waals surface area contributed by atoms with Crippen LogP contribution in [0.15, 0.2) is 47.1 Å². The van der Waals surface area contributed by atoms with Crippen LogP contribution in [0.1, 0.15) is 13.8 Å². The molecule has 3 rings (SSSR count). The van der Waals surface area contributed by atoms with Gasteiger partial charge in [0.1, 0.15) is 12.2 Å². The average molecular weight is 359 g/mol. The highest BCUT2D eigenvalue weighted by Gasteiger charge is 2.17. The maximum absolute atomic E-state index is 12.3. The normalized spacial score (nSPS) is 10.8. The maximum atomic E-state index is 12.3. The van der Waals surface area contributed by atoms with Crippen molar-refractivity contribution in [1.29, 1.82) is 0 Å². The lowest BCUT2D eigenvalue weighted by molar-refractivity contribution is -0.131. The van der Waals surface area contributed by atoms with Crippen LogP contribution in [0.3, 0.4) is 0 Å². The Morgan fingerprint density at radius 2 is 1.92 bits per heavy atom. The van der Waals surface area contributed by atoms with Gasteiger partial charge in [-0.2, -0.15) is 4.98 Å². The molecule has 0 spiro atoms. The van der Waals surface area contributed by atoms with Crippen LogP contribution < -0.4 is 0 Å². The number of carbonyl (C=O) groups is 1. The zero-order valence-electron chi connectivity index (χ0n) is 14.1. The second-order valence-electron chi connectivity index (χ2n) is 5.52. The van der Waals surface area contributed by atoms with E-state index in [1.807, 2.05) is 48.9 Å². The van der Waals surface area contributed by atoms with Crippen molar-refractivity contribution in [3.63, 3.8) is 0 Å². The smallest absolute Gasteiger partial charge is 0.274 e.